The van der Waals surface area contributed by atoms with E-state index in [-0.39, 0.29) is 20.1 Å². The summed E-state index contributed by atoms with van der Waals surface area (Å²) >= 11 is 0. The Balaban J connectivity index is 0.000000152. The summed E-state index contributed by atoms with van der Waals surface area (Å²) in [5.74, 6) is 0. The molecule has 1 radical (unpaired) electrons. The van der Waals surface area contributed by atoms with Gasteiger partial charge in [0.2, 0.25) is 0 Å². The maximum Gasteiger partial charge on any atom is 0.0780 e. The SMILES string of the molecule is [Ir].[c-]1ccccc1-c1nccc2ccccc12.c1ccc(-c2nccc3ccccc23)cc1. The minimum Gasteiger partial charge on any atom is -0.304 e. The van der Waals surface area contributed by atoms with Crippen molar-refractivity contribution in [3.8, 4) is 22.5 Å². The van der Waals surface area contributed by atoms with Gasteiger partial charge < -0.3 is 4.98 Å². The first-order chi connectivity index (χ1) is 15.9. The van der Waals surface area contributed by atoms with Crippen LogP contribution >= 0.6 is 0 Å². The van der Waals surface area contributed by atoms with Crippen molar-refractivity contribution < 1.29 is 20.1 Å². The number of hydrogen-bond acceptors (Lipinski definition) is 2. The van der Waals surface area contributed by atoms with Crippen molar-refractivity contribution in [3.63, 3.8) is 0 Å². The minimum absolute atomic E-state index is 0. The first-order valence-electron chi connectivity index (χ1n) is 10.6. The van der Waals surface area contributed by atoms with Crippen LogP contribution in [-0.4, -0.2) is 9.97 Å². The molecule has 6 aromatic rings. The topological polar surface area (TPSA) is 25.8 Å². The fourth-order valence-corrected chi connectivity index (χ4v) is 3.82. The zero-order valence-corrected chi connectivity index (χ0v) is 20.2. The largest absolute Gasteiger partial charge is 0.304 e. The van der Waals surface area contributed by atoms with Crippen LogP contribution in [0.15, 0.2) is 128 Å². The van der Waals surface area contributed by atoms with Crippen LogP contribution < -0.4 is 0 Å². The molecule has 0 unspecified atom stereocenters. The smallest absolute Gasteiger partial charge is 0.0780 e. The molecule has 0 atom stereocenters. The van der Waals surface area contributed by atoms with Crippen LogP contribution in [0.4, 0.5) is 0 Å². The molecule has 161 valence electrons. The standard InChI is InChI=1S/C15H11N.C15H10N.Ir/c2*1-2-7-13(8-3-1)15-14-9-5-4-6-12(14)10-11-16-15;/h1-11H;1-7,9-11H;/q;-1;. The molecule has 0 saturated heterocycles. The Bertz CT molecular complexity index is 1340. The summed E-state index contributed by atoms with van der Waals surface area (Å²) in [7, 11) is 0. The third kappa shape index (κ3) is 5.06. The summed E-state index contributed by atoms with van der Waals surface area (Å²) in [5, 5.41) is 4.82. The van der Waals surface area contributed by atoms with Crippen molar-refractivity contribution in [2.45, 2.75) is 0 Å². The first-order valence-corrected chi connectivity index (χ1v) is 10.6. The average Bonchev–Trinajstić information content (AvgIpc) is 2.89. The monoisotopic (exact) mass is 602 g/mol. The van der Waals surface area contributed by atoms with Crippen LogP contribution in [0, 0.1) is 6.07 Å². The number of aromatic nitrogens is 2. The maximum absolute atomic E-state index is 4.48. The van der Waals surface area contributed by atoms with E-state index in [2.05, 4.69) is 64.6 Å². The van der Waals surface area contributed by atoms with Gasteiger partial charge in [-0.15, -0.1) is 35.9 Å². The molecule has 0 spiro atoms. The summed E-state index contributed by atoms with van der Waals surface area (Å²) in [6, 6.07) is 42.1. The summed E-state index contributed by atoms with van der Waals surface area (Å²) in [6.07, 6.45) is 3.71. The Morgan fingerprint density at radius 1 is 0.485 bits per heavy atom. The molecular formula is C30H21IrN2-. The fraction of sp³-hybridized carbons (Fsp3) is 0. The molecule has 0 amide bonds. The van der Waals surface area contributed by atoms with E-state index in [0.29, 0.717) is 0 Å². The zero-order valence-electron chi connectivity index (χ0n) is 17.9. The number of pyridine rings is 2. The van der Waals surface area contributed by atoms with Gasteiger partial charge in [-0.05, 0) is 34.0 Å². The minimum atomic E-state index is 0. The van der Waals surface area contributed by atoms with Crippen LogP contribution in [0.1, 0.15) is 0 Å². The Labute approximate surface area is 207 Å². The van der Waals surface area contributed by atoms with Gasteiger partial charge in [-0.25, -0.2) is 0 Å². The Morgan fingerprint density at radius 3 is 1.67 bits per heavy atom. The number of benzene rings is 4. The molecule has 4 aromatic carbocycles. The quantitative estimate of drug-likeness (QED) is 0.191. The van der Waals surface area contributed by atoms with Crippen molar-refractivity contribution >= 4 is 21.5 Å². The molecule has 0 aliphatic carbocycles. The molecule has 0 bridgehead atoms. The molecule has 6 rings (SSSR count). The summed E-state index contributed by atoms with van der Waals surface area (Å²) in [4.78, 5) is 8.92. The average molecular weight is 602 g/mol. The van der Waals surface area contributed by atoms with E-state index in [1.165, 1.54) is 27.1 Å². The van der Waals surface area contributed by atoms with Crippen LogP contribution in [-0.2, 0) is 20.1 Å². The summed E-state index contributed by atoms with van der Waals surface area (Å²) in [6.45, 7) is 0. The van der Waals surface area contributed by atoms with Crippen molar-refractivity contribution in [1.82, 2.24) is 9.97 Å². The van der Waals surface area contributed by atoms with Gasteiger partial charge in [0.25, 0.3) is 0 Å². The van der Waals surface area contributed by atoms with Crippen molar-refractivity contribution in [2.24, 2.45) is 0 Å². The van der Waals surface area contributed by atoms with Gasteiger partial charge in [0.1, 0.15) is 0 Å². The van der Waals surface area contributed by atoms with E-state index >= 15 is 0 Å². The van der Waals surface area contributed by atoms with Gasteiger partial charge in [0.15, 0.2) is 0 Å². The molecule has 0 fully saturated rings. The number of hydrogen-bond donors (Lipinski definition) is 0. The first kappa shape index (κ1) is 22.5. The zero-order chi connectivity index (χ0) is 21.6. The van der Waals surface area contributed by atoms with E-state index in [1.54, 1.807) is 0 Å². The summed E-state index contributed by atoms with van der Waals surface area (Å²) < 4.78 is 0. The normalized spacial score (nSPS) is 10.2. The Kier molecular flexibility index (Phi) is 7.36. The van der Waals surface area contributed by atoms with Crippen molar-refractivity contribution in [1.29, 1.82) is 0 Å². The van der Waals surface area contributed by atoms with Crippen LogP contribution in [0.3, 0.4) is 0 Å². The van der Waals surface area contributed by atoms with E-state index in [1.807, 2.05) is 79.1 Å². The second-order valence-corrected chi connectivity index (χ2v) is 7.40. The summed E-state index contributed by atoms with van der Waals surface area (Å²) in [5.41, 5.74) is 4.26. The Hall–Kier alpha value is -3.65. The fourth-order valence-electron chi connectivity index (χ4n) is 3.82. The number of rotatable bonds is 2. The van der Waals surface area contributed by atoms with Crippen LogP contribution in [0.25, 0.3) is 44.1 Å². The van der Waals surface area contributed by atoms with Crippen LogP contribution in [0.2, 0.25) is 0 Å². The maximum atomic E-state index is 4.48. The van der Waals surface area contributed by atoms with E-state index in [4.69, 9.17) is 0 Å². The van der Waals surface area contributed by atoms with E-state index < -0.39 is 0 Å². The Morgan fingerprint density at radius 2 is 1.03 bits per heavy atom. The second-order valence-electron chi connectivity index (χ2n) is 7.40. The van der Waals surface area contributed by atoms with Crippen molar-refractivity contribution in [2.75, 3.05) is 0 Å². The van der Waals surface area contributed by atoms with Gasteiger partial charge in [-0.2, -0.15) is 0 Å². The van der Waals surface area contributed by atoms with Gasteiger partial charge in [0, 0.05) is 43.4 Å². The number of fused-ring (bicyclic) bond motifs is 2. The molecule has 33 heavy (non-hydrogen) atoms. The third-order valence-corrected chi connectivity index (χ3v) is 5.36. The van der Waals surface area contributed by atoms with Crippen LogP contribution in [0.5, 0.6) is 0 Å². The van der Waals surface area contributed by atoms with E-state index in [0.717, 1.165) is 17.0 Å². The van der Waals surface area contributed by atoms with Gasteiger partial charge in [-0.1, -0.05) is 78.9 Å². The molecule has 2 heterocycles. The molecule has 3 heteroatoms. The number of nitrogens with zero attached hydrogens (tertiary/aromatic N) is 2. The second kappa shape index (κ2) is 10.8. The molecule has 0 aliphatic heterocycles. The molecule has 0 N–H and O–H groups in total. The van der Waals surface area contributed by atoms with Gasteiger partial charge in [0.05, 0.1) is 5.69 Å². The predicted molar refractivity (Wildman–Crippen MR) is 133 cm³/mol. The predicted octanol–water partition coefficient (Wildman–Crippen LogP) is 7.60. The van der Waals surface area contributed by atoms with E-state index in [9.17, 15) is 0 Å². The van der Waals surface area contributed by atoms with Gasteiger partial charge in [-0.3, -0.25) is 4.98 Å². The molecule has 0 aliphatic rings. The molecular weight excluding hydrogens is 581 g/mol. The molecule has 0 saturated carbocycles. The van der Waals surface area contributed by atoms with Gasteiger partial charge >= 0.3 is 0 Å². The molecule has 2 nitrogen and oxygen atoms in total. The molecule has 2 aromatic heterocycles. The van der Waals surface area contributed by atoms with Crippen molar-refractivity contribution in [3.05, 3.63) is 134 Å². The third-order valence-electron chi connectivity index (χ3n) is 5.36.